The van der Waals surface area contributed by atoms with E-state index in [0.29, 0.717) is 28.7 Å². The van der Waals surface area contributed by atoms with Crippen molar-refractivity contribution in [1.82, 2.24) is 14.9 Å². The molecule has 1 heterocycles. The van der Waals surface area contributed by atoms with Crippen LogP contribution in [0.1, 0.15) is 31.5 Å². The Morgan fingerprint density at radius 2 is 1.86 bits per heavy atom. The zero-order chi connectivity index (χ0) is 20.8. The number of carbonyl (C=O) groups is 2. The quantitative estimate of drug-likeness (QED) is 0.536. The van der Waals surface area contributed by atoms with Crippen LogP contribution >= 0.6 is 23.2 Å². The number of hydrogen-bond acceptors (Lipinski definition) is 4. The molecule has 0 bridgehead atoms. The third kappa shape index (κ3) is 5.95. The lowest BCUT2D eigenvalue weighted by Gasteiger charge is -2.22. The van der Waals surface area contributed by atoms with Crippen LogP contribution in [0.15, 0.2) is 30.7 Å². The third-order valence-electron chi connectivity index (χ3n) is 4.29. The Hall–Kier alpha value is -2.09. The molecule has 3 N–H and O–H groups in total. The lowest BCUT2D eigenvalue weighted by atomic mass is 10.0. The van der Waals surface area contributed by atoms with Crippen molar-refractivity contribution < 1.29 is 19.8 Å². The Balaban J connectivity index is 2.18. The number of hydrogen-bond donors (Lipinski definition) is 3. The fourth-order valence-corrected chi connectivity index (χ4v) is 3.28. The number of aliphatic carboxylic acids is 2. The number of nitrogens with zero attached hydrogens (tertiary/aromatic N) is 2. The summed E-state index contributed by atoms with van der Waals surface area (Å²) in [5.41, 5.74) is 1.42. The third-order valence-corrected chi connectivity index (χ3v) is 5.15. The van der Waals surface area contributed by atoms with E-state index in [4.69, 9.17) is 23.2 Å². The molecule has 0 saturated carbocycles. The van der Waals surface area contributed by atoms with Crippen molar-refractivity contribution in [2.24, 2.45) is 5.92 Å². The molecule has 0 amide bonds. The minimum atomic E-state index is -1.12. The molecule has 0 spiro atoms. The highest BCUT2D eigenvalue weighted by Gasteiger charge is 2.27. The molecule has 0 aliphatic rings. The predicted octanol–water partition coefficient (Wildman–Crippen LogP) is 3.32. The van der Waals surface area contributed by atoms with Gasteiger partial charge in [0, 0.05) is 18.3 Å². The topological polar surface area (TPSA) is 104 Å². The summed E-state index contributed by atoms with van der Waals surface area (Å²) in [5.74, 6) is -2.08. The zero-order valence-electron chi connectivity index (χ0n) is 15.6. The van der Waals surface area contributed by atoms with E-state index in [1.54, 1.807) is 29.2 Å². The van der Waals surface area contributed by atoms with E-state index in [2.05, 4.69) is 10.3 Å². The molecule has 28 heavy (non-hydrogen) atoms. The second-order valence-corrected chi connectivity index (χ2v) is 7.79. The molecule has 152 valence electrons. The molecule has 0 fully saturated rings. The van der Waals surface area contributed by atoms with E-state index in [1.165, 1.54) is 0 Å². The molecule has 0 saturated heterocycles. The number of rotatable bonds is 10. The van der Waals surface area contributed by atoms with Gasteiger partial charge in [0.2, 0.25) is 0 Å². The van der Waals surface area contributed by atoms with Crippen LogP contribution in [-0.2, 0) is 22.6 Å². The van der Waals surface area contributed by atoms with E-state index in [1.807, 2.05) is 19.9 Å². The number of carboxylic acids is 2. The van der Waals surface area contributed by atoms with E-state index < -0.39 is 24.0 Å². The first-order valence-electron chi connectivity index (χ1n) is 8.82. The van der Waals surface area contributed by atoms with E-state index >= 15 is 0 Å². The largest absolute Gasteiger partial charge is 0.480 e. The van der Waals surface area contributed by atoms with Gasteiger partial charge in [0.1, 0.15) is 12.1 Å². The minimum Gasteiger partial charge on any atom is -0.480 e. The summed E-state index contributed by atoms with van der Waals surface area (Å²) in [4.78, 5) is 27.3. The zero-order valence-corrected chi connectivity index (χ0v) is 17.1. The van der Waals surface area contributed by atoms with Crippen LogP contribution in [-0.4, -0.2) is 43.8 Å². The Bertz CT molecular complexity index is 838. The maximum absolute atomic E-state index is 11.7. The highest BCUT2D eigenvalue weighted by Crippen LogP contribution is 2.26. The summed E-state index contributed by atoms with van der Waals surface area (Å²) in [5, 5.41) is 22.6. The molecule has 2 atom stereocenters. The molecule has 7 nitrogen and oxygen atoms in total. The summed E-state index contributed by atoms with van der Waals surface area (Å²) in [7, 11) is 0. The predicted molar refractivity (Wildman–Crippen MR) is 107 cm³/mol. The molecule has 0 aliphatic heterocycles. The maximum atomic E-state index is 11.7. The second kappa shape index (κ2) is 9.91. The normalized spacial score (nSPS) is 13.5. The Morgan fingerprint density at radius 1 is 1.18 bits per heavy atom. The molecule has 0 unspecified atom stereocenters. The van der Waals surface area contributed by atoms with E-state index in [-0.39, 0.29) is 12.3 Å². The number of halogens is 2. The molecule has 0 aliphatic carbocycles. The second-order valence-electron chi connectivity index (χ2n) is 7.01. The maximum Gasteiger partial charge on any atom is 0.321 e. The van der Waals surface area contributed by atoms with Crippen molar-refractivity contribution in [3.8, 4) is 0 Å². The van der Waals surface area contributed by atoms with Crippen molar-refractivity contribution >= 4 is 35.1 Å². The Kier molecular flexibility index (Phi) is 7.86. The number of carboxylic acid groups (broad SMARTS) is 2. The van der Waals surface area contributed by atoms with Crippen LogP contribution in [0.2, 0.25) is 10.0 Å². The van der Waals surface area contributed by atoms with Crippen molar-refractivity contribution in [3.05, 3.63) is 52.0 Å². The lowest BCUT2D eigenvalue weighted by molar-refractivity contribution is -0.142. The van der Waals surface area contributed by atoms with Crippen LogP contribution in [0.3, 0.4) is 0 Å². The summed E-state index contributed by atoms with van der Waals surface area (Å²) >= 11 is 12.3. The van der Waals surface area contributed by atoms with Gasteiger partial charge in [-0.2, -0.15) is 0 Å². The number of benzene rings is 1. The van der Waals surface area contributed by atoms with Crippen LogP contribution in [0, 0.1) is 5.92 Å². The molecular formula is C19H23Cl2N3O4. The average molecular weight is 428 g/mol. The van der Waals surface area contributed by atoms with Crippen LogP contribution in [0.5, 0.6) is 0 Å². The molecule has 2 rings (SSSR count). The van der Waals surface area contributed by atoms with Gasteiger partial charge < -0.3 is 14.8 Å². The van der Waals surface area contributed by atoms with Gasteiger partial charge in [-0.3, -0.25) is 14.9 Å². The van der Waals surface area contributed by atoms with Crippen LogP contribution < -0.4 is 5.32 Å². The minimum absolute atomic E-state index is 0.0788. The fraction of sp³-hybridized carbons (Fsp3) is 0.421. The van der Waals surface area contributed by atoms with Gasteiger partial charge in [0.05, 0.1) is 22.9 Å². The molecule has 2 aromatic rings. The van der Waals surface area contributed by atoms with E-state index in [0.717, 1.165) is 5.56 Å². The summed E-state index contributed by atoms with van der Waals surface area (Å²) in [6, 6.07) is 3.29. The SMILES string of the molecule is CC(C)C[C@H](N[C@@H](Cc1cncn1Cc1cccc(Cl)c1Cl)C(=O)O)C(=O)O. The molecule has 1 aromatic heterocycles. The number of imidazole rings is 1. The van der Waals surface area contributed by atoms with Gasteiger partial charge in [-0.1, -0.05) is 49.2 Å². The van der Waals surface area contributed by atoms with Gasteiger partial charge in [-0.15, -0.1) is 0 Å². The monoisotopic (exact) mass is 427 g/mol. The summed E-state index contributed by atoms with van der Waals surface area (Å²) < 4.78 is 1.77. The van der Waals surface area contributed by atoms with Gasteiger partial charge >= 0.3 is 11.9 Å². The van der Waals surface area contributed by atoms with Gasteiger partial charge in [-0.05, 0) is 24.0 Å². The molecular weight excluding hydrogens is 405 g/mol. The van der Waals surface area contributed by atoms with Crippen LogP contribution in [0.4, 0.5) is 0 Å². The lowest BCUT2D eigenvalue weighted by Crippen LogP contribution is -2.49. The van der Waals surface area contributed by atoms with Crippen molar-refractivity contribution in [1.29, 1.82) is 0 Å². The van der Waals surface area contributed by atoms with Crippen molar-refractivity contribution in [2.75, 3.05) is 0 Å². The highest BCUT2D eigenvalue weighted by atomic mass is 35.5. The standard InChI is InChI=1S/C19H23Cl2N3O4/c1-11(2)6-15(18(25)26)23-16(19(27)28)7-13-8-22-10-24(13)9-12-4-3-5-14(20)17(12)21/h3-5,8,10-11,15-16,23H,6-7,9H2,1-2H3,(H,25,26)(H,27,28)/t15-,16-/m0/s1. The number of aromatic nitrogens is 2. The number of nitrogens with one attached hydrogen (secondary N) is 1. The van der Waals surface area contributed by atoms with E-state index in [9.17, 15) is 19.8 Å². The molecule has 0 radical (unpaired) electrons. The van der Waals surface area contributed by atoms with Crippen molar-refractivity contribution in [3.63, 3.8) is 0 Å². The van der Waals surface area contributed by atoms with Gasteiger partial charge in [0.15, 0.2) is 0 Å². The Labute approximate surface area is 173 Å². The van der Waals surface area contributed by atoms with Crippen LogP contribution in [0.25, 0.3) is 0 Å². The highest BCUT2D eigenvalue weighted by molar-refractivity contribution is 6.42. The summed E-state index contributed by atoms with van der Waals surface area (Å²) in [6.45, 7) is 4.14. The Morgan fingerprint density at radius 3 is 2.46 bits per heavy atom. The molecule has 9 heteroatoms. The van der Waals surface area contributed by atoms with Crippen molar-refractivity contribution in [2.45, 2.75) is 45.3 Å². The average Bonchev–Trinajstić information content (AvgIpc) is 3.03. The summed E-state index contributed by atoms with van der Waals surface area (Å²) in [6.07, 6.45) is 3.55. The first-order chi connectivity index (χ1) is 13.2. The molecule has 1 aromatic carbocycles. The van der Waals surface area contributed by atoms with Gasteiger partial charge in [-0.25, -0.2) is 4.98 Å². The first-order valence-corrected chi connectivity index (χ1v) is 9.58. The first kappa shape index (κ1) is 22.2. The van der Waals surface area contributed by atoms with Gasteiger partial charge in [0.25, 0.3) is 0 Å². The fourth-order valence-electron chi connectivity index (χ4n) is 2.90. The smallest absolute Gasteiger partial charge is 0.321 e.